The summed E-state index contributed by atoms with van der Waals surface area (Å²) in [6.07, 6.45) is 7.06. The van der Waals surface area contributed by atoms with Gasteiger partial charge in [-0.2, -0.15) is 10.1 Å². The molecule has 0 aromatic heterocycles. The molecule has 2 amide bonds. The molecule has 1 heterocycles. The lowest BCUT2D eigenvalue weighted by atomic mass is 9.63. The molecule has 156 valence electrons. The van der Waals surface area contributed by atoms with Gasteiger partial charge in [-0.25, -0.2) is 0 Å². The van der Waals surface area contributed by atoms with E-state index in [0.717, 1.165) is 22.6 Å². The van der Waals surface area contributed by atoms with Gasteiger partial charge in [-0.05, 0) is 66.0 Å². The minimum Gasteiger partial charge on any atom is -0.489 e. The number of amides is 2. The zero-order chi connectivity index (χ0) is 21.1. The van der Waals surface area contributed by atoms with E-state index in [2.05, 4.69) is 17.3 Å². The number of ether oxygens (including phenoxy) is 1. The Balaban J connectivity index is 1.13. The Kier molecular flexibility index (Phi) is 4.29. The number of nitrogens with zero attached hydrogens (tertiary/aromatic N) is 2. The molecule has 1 aliphatic heterocycles. The molecule has 7 rings (SSSR count). The van der Waals surface area contributed by atoms with E-state index in [1.807, 2.05) is 48.5 Å². The number of hydrogen-bond donors (Lipinski definition) is 0. The fourth-order valence-corrected chi connectivity index (χ4v) is 5.80. The van der Waals surface area contributed by atoms with Gasteiger partial charge in [0.2, 0.25) is 0 Å². The number of carbonyl (C=O) groups excluding carboxylic acids is 2. The Hall–Kier alpha value is -2.92. The van der Waals surface area contributed by atoms with Gasteiger partial charge in [-0.15, -0.1) is 0 Å². The van der Waals surface area contributed by atoms with E-state index in [9.17, 15) is 9.59 Å². The second-order valence-corrected chi connectivity index (χ2v) is 9.24. The Morgan fingerprint density at radius 1 is 0.968 bits per heavy atom. The van der Waals surface area contributed by atoms with Crippen LogP contribution in [0.25, 0.3) is 0 Å². The molecule has 4 aliphatic carbocycles. The summed E-state index contributed by atoms with van der Waals surface area (Å²) in [6, 6.07) is 14.9. The van der Waals surface area contributed by atoms with E-state index in [-0.39, 0.29) is 35.5 Å². The van der Waals surface area contributed by atoms with Crippen LogP contribution in [0, 0.1) is 35.5 Å². The molecule has 0 N–H and O–H groups in total. The smallest absolute Gasteiger partial charge is 0.254 e. The quantitative estimate of drug-likeness (QED) is 0.402. The highest BCUT2D eigenvalue weighted by Gasteiger charge is 2.67. The predicted molar refractivity (Wildman–Crippen MR) is 116 cm³/mol. The van der Waals surface area contributed by atoms with Crippen molar-refractivity contribution in [3.63, 3.8) is 0 Å². The Bertz CT molecular complexity index is 1090. The summed E-state index contributed by atoms with van der Waals surface area (Å²) in [5.74, 6) is 1.60. The molecule has 2 aromatic rings. The average molecular weight is 433 g/mol. The van der Waals surface area contributed by atoms with Crippen LogP contribution in [0.5, 0.6) is 5.75 Å². The zero-order valence-electron chi connectivity index (χ0n) is 16.7. The van der Waals surface area contributed by atoms with Gasteiger partial charge in [0.15, 0.2) is 0 Å². The molecule has 6 atom stereocenters. The first kappa shape index (κ1) is 18.8. The van der Waals surface area contributed by atoms with Crippen LogP contribution in [0.1, 0.15) is 17.5 Å². The Morgan fingerprint density at radius 3 is 2.26 bits per heavy atom. The van der Waals surface area contributed by atoms with Crippen LogP contribution in [0.15, 0.2) is 65.8 Å². The van der Waals surface area contributed by atoms with Crippen LogP contribution in [0.4, 0.5) is 0 Å². The molecule has 2 saturated carbocycles. The van der Waals surface area contributed by atoms with E-state index < -0.39 is 0 Å². The molecule has 3 fully saturated rings. The van der Waals surface area contributed by atoms with Crippen molar-refractivity contribution in [2.24, 2.45) is 40.6 Å². The summed E-state index contributed by atoms with van der Waals surface area (Å²) in [6.45, 7) is 0.380. The number of hydrazone groups is 1. The van der Waals surface area contributed by atoms with Crippen molar-refractivity contribution in [2.75, 3.05) is 0 Å². The van der Waals surface area contributed by atoms with Gasteiger partial charge in [0, 0.05) is 10.6 Å². The first-order valence-corrected chi connectivity index (χ1v) is 11.1. The number of hydrogen-bond acceptors (Lipinski definition) is 4. The van der Waals surface area contributed by atoms with E-state index in [0.29, 0.717) is 29.2 Å². The summed E-state index contributed by atoms with van der Waals surface area (Å²) >= 11 is 6.16. The van der Waals surface area contributed by atoms with Crippen molar-refractivity contribution in [3.8, 4) is 5.75 Å². The molecule has 6 heteroatoms. The lowest BCUT2D eigenvalue weighted by molar-refractivity contribution is -0.140. The normalized spacial score (nSPS) is 32.5. The third-order valence-electron chi connectivity index (χ3n) is 7.19. The van der Waals surface area contributed by atoms with Crippen molar-refractivity contribution < 1.29 is 14.3 Å². The van der Waals surface area contributed by atoms with Crippen LogP contribution in [0.3, 0.4) is 0 Å². The molecule has 0 radical (unpaired) electrons. The van der Waals surface area contributed by atoms with Crippen molar-refractivity contribution in [3.05, 3.63) is 76.8 Å². The first-order valence-electron chi connectivity index (χ1n) is 10.7. The minimum atomic E-state index is -0.219. The summed E-state index contributed by atoms with van der Waals surface area (Å²) in [5.41, 5.74) is 1.72. The molecule has 2 aromatic carbocycles. The van der Waals surface area contributed by atoms with Gasteiger partial charge in [0.1, 0.15) is 12.4 Å². The summed E-state index contributed by atoms with van der Waals surface area (Å²) in [4.78, 5) is 25.9. The first-order chi connectivity index (χ1) is 15.1. The highest BCUT2D eigenvalue weighted by atomic mass is 35.5. The van der Waals surface area contributed by atoms with Gasteiger partial charge >= 0.3 is 0 Å². The predicted octanol–water partition coefficient (Wildman–Crippen LogP) is 4.31. The van der Waals surface area contributed by atoms with Crippen LogP contribution in [-0.2, 0) is 16.2 Å². The Labute approximate surface area is 185 Å². The molecule has 5 aliphatic rings. The molecule has 5 nitrogen and oxygen atoms in total. The topological polar surface area (TPSA) is 59.0 Å². The van der Waals surface area contributed by atoms with Gasteiger partial charge in [-0.1, -0.05) is 42.0 Å². The summed E-state index contributed by atoms with van der Waals surface area (Å²) < 4.78 is 5.79. The molecular formula is C25H21ClN2O3. The lowest BCUT2D eigenvalue weighted by Crippen LogP contribution is -2.40. The summed E-state index contributed by atoms with van der Waals surface area (Å²) in [7, 11) is 0. The molecule has 0 spiro atoms. The van der Waals surface area contributed by atoms with E-state index in [1.165, 1.54) is 0 Å². The monoisotopic (exact) mass is 432 g/mol. The van der Waals surface area contributed by atoms with Gasteiger partial charge in [-0.3, -0.25) is 9.59 Å². The maximum Gasteiger partial charge on any atom is 0.254 e. The number of imide groups is 1. The van der Waals surface area contributed by atoms with Crippen molar-refractivity contribution in [1.29, 1.82) is 0 Å². The zero-order valence-corrected chi connectivity index (χ0v) is 17.5. The van der Waals surface area contributed by atoms with Crippen LogP contribution in [0.2, 0.25) is 5.02 Å². The van der Waals surface area contributed by atoms with Crippen molar-refractivity contribution >= 4 is 29.6 Å². The lowest BCUT2D eigenvalue weighted by Gasteiger charge is -2.37. The van der Waals surface area contributed by atoms with Gasteiger partial charge < -0.3 is 4.74 Å². The maximum absolute atomic E-state index is 13.0. The summed E-state index contributed by atoms with van der Waals surface area (Å²) in [5, 5.41) is 6.05. The number of carbonyl (C=O) groups is 2. The standard InChI is InChI=1S/C25H21ClN2O3/c26-21-4-2-1-3-15(21)13-31-16-7-5-14(6-8-16)12-27-28-24(29)22-17-9-10-18(20-11-19(17)20)23(22)25(28)30/h1-10,12,17-20,22-23H,11,13H2/t17-,18-,19-,20-,22-,23+/m0/s1. The fourth-order valence-electron chi connectivity index (χ4n) is 5.61. The maximum atomic E-state index is 13.0. The van der Waals surface area contributed by atoms with Gasteiger partial charge in [0.05, 0.1) is 18.1 Å². The van der Waals surface area contributed by atoms with E-state index >= 15 is 0 Å². The van der Waals surface area contributed by atoms with E-state index in [1.54, 1.807) is 6.21 Å². The highest BCUT2D eigenvalue weighted by molar-refractivity contribution is 6.31. The van der Waals surface area contributed by atoms with Crippen molar-refractivity contribution in [2.45, 2.75) is 13.0 Å². The molecular weight excluding hydrogens is 412 g/mol. The second kappa shape index (κ2) is 7.06. The molecule has 0 unspecified atom stereocenters. The fraction of sp³-hybridized carbons (Fsp3) is 0.320. The third kappa shape index (κ3) is 3.02. The number of halogens is 1. The number of rotatable bonds is 5. The second-order valence-electron chi connectivity index (χ2n) is 8.84. The van der Waals surface area contributed by atoms with Crippen molar-refractivity contribution in [1.82, 2.24) is 5.01 Å². The third-order valence-corrected chi connectivity index (χ3v) is 7.56. The van der Waals surface area contributed by atoms with Crippen LogP contribution < -0.4 is 4.74 Å². The van der Waals surface area contributed by atoms with Gasteiger partial charge in [0.25, 0.3) is 11.8 Å². The average Bonchev–Trinajstić information content (AvgIpc) is 3.57. The Morgan fingerprint density at radius 2 is 1.61 bits per heavy atom. The molecule has 1 saturated heterocycles. The minimum absolute atomic E-state index is 0.143. The largest absolute Gasteiger partial charge is 0.489 e. The highest BCUT2D eigenvalue weighted by Crippen LogP contribution is 2.65. The number of allylic oxidation sites excluding steroid dienone is 2. The van der Waals surface area contributed by atoms with Crippen LogP contribution in [-0.4, -0.2) is 23.0 Å². The molecule has 2 bridgehead atoms. The SMILES string of the molecule is O=C1[C@@H]2[C@H]3C=C[C@@H]([C@@H]4C[C@@H]34)[C@@H]2C(=O)N1N=Cc1ccc(OCc2ccccc2Cl)cc1. The van der Waals surface area contributed by atoms with E-state index in [4.69, 9.17) is 16.3 Å². The number of benzene rings is 2. The molecule has 31 heavy (non-hydrogen) atoms. The van der Waals surface area contributed by atoms with Crippen LogP contribution >= 0.6 is 11.6 Å².